The summed E-state index contributed by atoms with van der Waals surface area (Å²) >= 11 is 1.51. The zero-order valence-corrected chi connectivity index (χ0v) is 14.9. The minimum atomic E-state index is -0.186. The van der Waals surface area contributed by atoms with Crippen molar-refractivity contribution < 1.29 is 14.3 Å². The minimum absolute atomic E-state index is 0.186. The molecule has 25 heavy (non-hydrogen) atoms. The van der Waals surface area contributed by atoms with Gasteiger partial charge in [-0.3, -0.25) is 4.79 Å². The number of methoxy groups -OCH3 is 1. The first kappa shape index (κ1) is 17.4. The third-order valence-electron chi connectivity index (χ3n) is 3.66. The van der Waals surface area contributed by atoms with E-state index < -0.39 is 0 Å². The highest BCUT2D eigenvalue weighted by Gasteiger charge is 2.07. The number of carbonyl (C=O) groups is 1. The lowest BCUT2D eigenvalue weighted by Gasteiger charge is -2.04. The van der Waals surface area contributed by atoms with Crippen LogP contribution in [0.5, 0.6) is 5.75 Å². The van der Waals surface area contributed by atoms with Gasteiger partial charge in [-0.2, -0.15) is 4.99 Å². The van der Waals surface area contributed by atoms with Crippen LogP contribution in [0.4, 0.5) is 0 Å². The molecule has 1 heterocycles. The Morgan fingerprint density at radius 1 is 1.08 bits per heavy atom. The van der Waals surface area contributed by atoms with E-state index in [-0.39, 0.29) is 12.3 Å². The van der Waals surface area contributed by atoms with Gasteiger partial charge in [-0.25, -0.2) is 0 Å². The number of para-hydroxylation sites is 2. The molecule has 0 spiro atoms. The molecular formula is C19H20N2O3S. The van der Waals surface area contributed by atoms with Crippen molar-refractivity contribution in [1.29, 1.82) is 0 Å². The number of fused-ring (bicyclic) bond motifs is 1. The van der Waals surface area contributed by atoms with Gasteiger partial charge in [0.2, 0.25) is 0 Å². The Labute approximate surface area is 150 Å². The highest BCUT2D eigenvalue weighted by molar-refractivity contribution is 7.16. The molecule has 0 bridgehead atoms. The number of rotatable bonds is 7. The second-order valence-corrected chi connectivity index (χ2v) is 6.42. The van der Waals surface area contributed by atoms with E-state index in [9.17, 15) is 4.79 Å². The minimum Gasteiger partial charge on any atom is -0.493 e. The molecule has 0 fully saturated rings. The Bertz CT molecular complexity index is 900. The van der Waals surface area contributed by atoms with Crippen LogP contribution in [0.2, 0.25) is 0 Å². The van der Waals surface area contributed by atoms with Gasteiger partial charge in [0.25, 0.3) is 5.91 Å². The second kappa shape index (κ2) is 8.60. The highest BCUT2D eigenvalue weighted by Crippen LogP contribution is 2.16. The average Bonchev–Trinajstić information content (AvgIpc) is 2.98. The fraction of sp³-hybridized carbons (Fsp3) is 0.263. The maximum absolute atomic E-state index is 12.2. The first-order valence-electron chi connectivity index (χ1n) is 8.10. The highest BCUT2D eigenvalue weighted by atomic mass is 32.1. The number of aromatic nitrogens is 1. The summed E-state index contributed by atoms with van der Waals surface area (Å²) in [5.41, 5.74) is 1.07. The van der Waals surface area contributed by atoms with Crippen molar-refractivity contribution in [2.45, 2.75) is 13.0 Å². The first-order valence-corrected chi connectivity index (χ1v) is 8.92. The van der Waals surface area contributed by atoms with Gasteiger partial charge in [0, 0.05) is 13.7 Å². The van der Waals surface area contributed by atoms with Crippen molar-refractivity contribution in [3.8, 4) is 5.75 Å². The molecule has 5 nitrogen and oxygen atoms in total. The monoisotopic (exact) mass is 356 g/mol. The molecule has 0 unspecified atom stereocenters. The van der Waals surface area contributed by atoms with E-state index in [4.69, 9.17) is 9.47 Å². The van der Waals surface area contributed by atoms with Crippen LogP contribution >= 0.6 is 11.3 Å². The lowest BCUT2D eigenvalue weighted by atomic mass is 10.3. The molecule has 0 atom stereocenters. The third-order valence-corrected chi connectivity index (χ3v) is 4.71. The van der Waals surface area contributed by atoms with Crippen molar-refractivity contribution in [2.24, 2.45) is 4.99 Å². The maximum Gasteiger partial charge on any atom is 0.251 e. The SMILES string of the molecule is COCCn1c(=NC(=O)CCOc2ccccc2)sc2ccccc21. The van der Waals surface area contributed by atoms with Crippen molar-refractivity contribution in [2.75, 3.05) is 20.3 Å². The van der Waals surface area contributed by atoms with Crippen LogP contribution in [-0.2, 0) is 16.1 Å². The van der Waals surface area contributed by atoms with Crippen molar-refractivity contribution >= 4 is 27.5 Å². The van der Waals surface area contributed by atoms with Gasteiger partial charge in [0.15, 0.2) is 4.80 Å². The fourth-order valence-electron chi connectivity index (χ4n) is 2.44. The van der Waals surface area contributed by atoms with Crippen LogP contribution < -0.4 is 9.54 Å². The van der Waals surface area contributed by atoms with E-state index in [0.29, 0.717) is 24.6 Å². The molecule has 6 heteroatoms. The summed E-state index contributed by atoms with van der Waals surface area (Å²) in [5.74, 6) is 0.570. The average molecular weight is 356 g/mol. The van der Waals surface area contributed by atoms with Gasteiger partial charge >= 0.3 is 0 Å². The molecule has 0 aliphatic carbocycles. The largest absolute Gasteiger partial charge is 0.493 e. The zero-order valence-electron chi connectivity index (χ0n) is 14.1. The lowest BCUT2D eigenvalue weighted by molar-refractivity contribution is -0.118. The molecular weight excluding hydrogens is 336 g/mol. The Hall–Kier alpha value is -2.44. The van der Waals surface area contributed by atoms with Gasteiger partial charge in [0.1, 0.15) is 5.75 Å². The summed E-state index contributed by atoms with van der Waals surface area (Å²) in [7, 11) is 1.66. The molecule has 0 radical (unpaired) electrons. The number of hydrogen-bond acceptors (Lipinski definition) is 4. The number of hydrogen-bond donors (Lipinski definition) is 0. The number of amides is 1. The van der Waals surface area contributed by atoms with Crippen LogP contribution in [0.3, 0.4) is 0 Å². The molecule has 3 rings (SSSR count). The molecule has 0 saturated heterocycles. The molecule has 1 amide bonds. The van der Waals surface area contributed by atoms with Crippen molar-refractivity contribution in [1.82, 2.24) is 4.57 Å². The Morgan fingerprint density at radius 3 is 2.64 bits per heavy atom. The fourth-order valence-corrected chi connectivity index (χ4v) is 3.51. The summed E-state index contributed by atoms with van der Waals surface area (Å²) < 4.78 is 13.9. The molecule has 2 aromatic carbocycles. The van der Waals surface area contributed by atoms with E-state index in [0.717, 1.165) is 16.0 Å². The number of benzene rings is 2. The standard InChI is InChI=1S/C19H20N2O3S/c1-23-14-12-21-16-9-5-6-10-17(16)25-19(21)20-18(22)11-13-24-15-7-3-2-4-8-15/h2-10H,11-14H2,1H3. The predicted molar refractivity (Wildman–Crippen MR) is 98.8 cm³/mol. The van der Waals surface area contributed by atoms with Gasteiger partial charge in [-0.15, -0.1) is 0 Å². The normalized spacial score (nSPS) is 11.8. The zero-order chi connectivity index (χ0) is 17.5. The van der Waals surface area contributed by atoms with Gasteiger partial charge in [-0.05, 0) is 24.3 Å². The Kier molecular flexibility index (Phi) is 5.98. The van der Waals surface area contributed by atoms with E-state index in [1.54, 1.807) is 7.11 Å². The quantitative estimate of drug-likeness (QED) is 0.653. The summed E-state index contributed by atoms with van der Waals surface area (Å²) in [6.07, 6.45) is 0.243. The number of nitrogens with zero attached hydrogens (tertiary/aromatic N) is 2. The smallest absolute Gasteiger partial charge is 0.251 e. The molecule has 0 aliphatic heterocycles. The van der Waals surface area contributed by atoms with Gasteiger partial charge < -0.3 is 14.0 Å². The molecule has 0 N–H and O–H groups in total. The van der Waals surface area contributed by atoms with Crippen molar-refractivity contribution in [3.63, 3.8) is 0 Å². The van der Waals surface area contributed by atoms with Crippen molar-refractivity contribution in [3.05, 3.63) is 59.4 Å². The summed E-state index contributed by atoms with van der Waals surface area (Å²) in [6, 6.07) is 17.5. The molecule has 130 valence electrons. The molecule has 3 aromatic rings. The maximum atomic E-state index is 12.2. The topological polar surface area (TPSA) is 52.8 Å². The van der Waals surface area contributed by atoms with E-state index in [2.05, 4.69) is 4.99 Å². The number of thiazole rings is 1. The van der Waals surface area contributed by atoms with Crippen LogP contribution in [-0.4, -0.2) is 30.8 Å². The summed E-state index contributed by atoms with van der Waals surface area (Å²) in [4.78, 5) is 17.2. The molecule has 0 saturated carbocycles. The third kappa shape index (κ3) is 4.55. The summed E-state index contributed by atoms with van der Waals surface area (Å²) in [5, 5.41) is 0. The van der Waals surface area contributed by atoms with E-state index in [1.165, 1.54) is 11.3 Å². The predicted octanol–water partition coefficient (Wildman–Crippen LogP) is 3.25. The second-order valence-electron chi connectivity index (χ2n) is 5.41. The van der Waals surface area contributed by atoms with Crippen LogP contribution in [0, 0.1) is 0 Å². The van der Waals surface area contributed by atoms with E-state index >= 15 is 0 Å². The van der Waals surface area contributed by atoms with Gasteiger partial charge in [-0.1, -0.05) is 41.7 Å². The Balaban J connectivity index is 1.74. The Morgan fingerprint density at radius 2 is 1.84 bits per heavy atom. The van der Waals surface area contributed by atoms with E-state index in [1.807, 2.05) is 59.2 Å². The van der Waals surface area contributed by atoms with Crippen LogP contribution in [0.1, 0.15) is 6.42 Å². The first-order chi connectivity index (χ1) is 12.3. The van der Waals surface area contributed by atoms with Crippen LogP contribution in [0.25, 0.3) is 10.2 Å². The summed E-state index contributed by atoms with van der Waals surface area (Å²) in [6.45, 7) is 1.54. The number of ether oxygens (including phenoxy) is 2. The molecule has 1 aromatic heterocycles. The number of carbonyl (C=O) groups excluding carboxylic acids is 1. The van der Waals surface area contributed by atoms with Crippen LogP contribution in [0.15, 0.2) is 59.6 Å². The lowest BCUT2D eigenvalue weighted by Crippen LogP contribution is -2.19. The molecule has 0 aliphatic rings. The van der Waals surface area contributed by atoms with Gasteiger partial charge in [0.05, 0.1) is 29.9 Å².